The topological polar surface area (TPSA) is 129 Å². The lowest BCUT2D eigenvalue weighted by atomic mass is 9.86. The number of aromatic amines is 2. The van der Waals surface area contributed by atoms with Crippen LogP contribution in [0.1, 0.15) is 40.9 Å². The van der Waals surface area contributed by atoms with Gasteiger partial charge in [-0.05, 0) is 109 Å². The molecule has 9 aromatic rings. The number of aromatic nitrogens is 3. The molecule has 0 unspecified atom stereocenters. The van der Waals surface area contributed by atoms with Crippen molar-refractivity contribution in [1.29, 1.82) is 0 Å². The third-order valence-corrected chi connectivity index (χ3v) is 14.8. The molecule has 0 saturated carbocycles. The molecule has 9 nitrogen and oxygen atoms in total. The van der Waals surface area contributed by atoms with Gasteiger partial charge in [-0.25, -0.2) is 26.3 Å². The SMILES string of the molecule is CCn1c2ccccc2c2ccc(C(c3[nH]c4ccccc4c3CCNS(=O)(=O)c3ccc(Cl)cc3)c3[nH]c4ccccc4c3CCNS(=O)(=O)c3ccc(Cl)cc3)cc21. The first-order valence-corrected chi connectivity index (χ1v) is 23.4. The summed E-state index contributed by atoms with van der Waals surface area (Å²) in [5, 5.41) is 5.21. The molecule has 304 valence electrons. The maximum absolute atomic E-state index is 13.5. The van der Waals surface area contributed by atoms with Crippen molar-refractivity contribution in [3.05, 3.63) is 178 Å². The fraction of sp³-hybridized carbons (Fsp3) is 0.149. The Labute approximate surface area is 358 Å². The lowest BCUT2D eigenvalue weighted by molar-refractivity contribution is 0.580. The highest BCUT2D eigenvalue weighted by Gasteiger charge is 2.29. The first-order valence-electron chi connectivity index (χ1n) is 19.7. The van der Waals surface area contributed by atoms with Gasteiger partial charge in [-0.15, -0.1) is 0 Å². The van der Waals surface area contributed by atoms with E-state index in [1.807, 2.05) is 36.4 Å². The zero-order valence-corrected chi connectivity index (χ0v) is 35.7. The van der Waals surface area contributed by atoms with Crippen molar-refractivity contribution in [2.75, 3.05) is 13.1 Å². The molecule has 0 atom stereocenters. The normalized spacial score (nSPS) is 12.5. The number of para-hydroxylation sites is 3. The van der Waals surface area contributed by atoms with E-state index in [1.54, 1.807) is 24.3 Å². The maximum atomic E-state index is 13.5. The van der Waals surface area contributed by atoms with Crippen LogP contribution in [-0.2, 0) is 39.4 Å². The van der Waals surface area contributed by atoms with Gasteiger partial charge in [0.05, 0.1) is 15.7 Å². The number of rotatable bonds is 14. The van der Waals surface area contributed by atoms with Crippen LogP contribution in [0, 0.1) is 0 Å². The Balaban J connectivity index is 1.19. The van der Waals surface area contributed by atoms with Crippen molar-refractivity contribution in [3.8, 4) is 0 Å². The van der Waals surface area contributed by atoms with Crippen molar-refractivity contribution in [3.63, 3.8) is 0 Å². The fourth-order valence-corrected chi connectivity index (χ4v) is 10.9. The summed E-state index contributed by atoms with van der Waals surface area (Å²) < 4.78 is 61.8. The number of hydrogen-bond donors (Lipinski definition) is 4. The molecule has 60 heavy (non-hydrogen) atoms. The van der Waals surface area contributed by atoms with E-state index in [0.717, 1.165) is 72.8 Å². The minimum Gasteiger partial charge on any atom is -0.357 e. The zero-order chi connectivity index (χ0) is 41.6. The standard InChI is InChI=1S/C47H41Cl2N5O4S2/c1-2-54-43-14-8-5-11-37(43)38-24-15-30(29-44(38)54)45(46-39(35-9-3-6-12-41(35)52-46)25-27-50-59(55,56)33-20-16-31(48)17-21-33)47-40(36-10-4-7-13-42(36)53-47)26-28-51-60(57,58)34-22-18-32(49)19-23-34/h3-24,29,45,50-53H,2,25-28H2,1H3. The Hall–Kier alpha value is -5.40. The van der Waals surface area contributed by atoms with E-state index in [4.69, 9.17) is 23.2 Å². The van der Waals surface area contributed by atoms with Crippen LogP contribution < -0.4 is 9.44 Å². The average molecular weight is 875 g/mol. The third-order valence-electron chi connectivity index (χ3n) is 11.3. The van der Waals surface area contributed by atoms with Crippen LogP contribution in [0.25, 0.3) is 43.6 Å². The molecule has 4 N–H and O–H groups in total. The largest absolute Gasteiger partial charge is 0.357 e. The van der Waals surface area contributed by atoms with Gasteiger partial charge in [0.15, 0.2) is 0 Å². The molecule has 0 bridgehead atoms. The summed E-state index contributed by atoms with van der Waals surface area (Å²) in [6.07, 6.45) is 0.771. The first-order chi connectivity index (χ1) is 29.0. The van der Waals surface area contributed by atoms with E-state index in [-0.39, 0.29) is 22.9 Å². The summed E-state index contributed by atoms with van der Waals surface area (Å²) in [5.74, 6) is -0.400. The molecule has 13 heteroatoms. The molecule has 6 aromatic carbocycles. The van der Waals surface area contributed by atoms with Crippen LogP contribution in [0.5, 0.6) is 0 Å². The molecule has 3 aromatic heterocycles. The summed E-state index contributed by atoms with van der Waals surface area (Å²) in [4.78, 5) is 7.85. The molecule has 0 amide bonds. The van der Waals surface area contributed by atoms with Crippen molar-refractivity contribution >= 4 is 86.9 Å². The van der Waals surface area contributed by atoms with Gasteiger partial charge in [0.25, 0.3) is 0 Å². The lowest BCUT2D eigenvalue weighted by Gasteiger charge is -2.21. The summed E-state index contributed by atoms with van der Waals surface area (Å²) in [5.41, 5.74) is 8.88. The average Bonchev–Trinajstić information content (AvgIpc) is 3.90. The Morgan fingerprint density at radius 1 is 0.550 bits per heavy atom. The van der Waals surface area contributed by atoms with Gasteiger partial charge in [0.1, 0.15) is 0 Å². The molecule has 0 aliphatic carbocycles. The fourth-order valence-electron chi connectivity index (χ4n) is 8.55. The molecule has 0 spiro atoms. The number of benzene rings is 6. The molecule has 0 fully saturated rings. The minimum atomic E-state index is -3.82. The smallest absolute Gasteiger partial charge is 0.240 e. The van der Waals surface area contributed by atoms with Gasteiger partial charge in [-0.3, -0.25) is 0 Å². The quantitative estimate of drug-likeness (QED) is 0.0867. The molecule has 0 saturated heterocycles. The van der Waals surface area contributed by atoms with Crippen molar-refractivity contribution in [2.45, 2.75) is 42.0 Å². The number of sulfonamides is 2. The zero-order valence-electron chi connectivity index (χ0n) is 32.5. The van der Waals surface area contributed by atoms with Crippen molar-refractivity contribution in [2.24, 2.45) is 0 Å². The van der Waals surface area contributed by atoms with Gasteiger partial charge in [-0.1, -0.05) is 89.9 Å². The summed E-state index contributed by atoms with van der Waals surface area (Å²) >= 11 is 12.1. The molecular formula is C47H41Cl2N5O4S2. The Morgan fingerprint density at radius 2 is 1.00 bits per heavy atom. The number of aryl methyl sites for hydroxylation is 1. The predicted octanol–water partition coefficient (Wildman–Crippen LogP) is 10.3. The summed E-state index contributed by atoms with van der Waals surface area (Å²) in [7, 11) is -7.65. The van der Waals surface area contributed by atoms with Gasteiger partial charge in [0.2, 0.25) is 20.0 Å². The van der Waals surface area contributed by atoms with Crippen LogP contribution in [0.3, 0.4) is 0 Å². The Kier molecular flexibility index (Phi) is 10.8. The minimum absolute atomic E-state index is 0.137. The highest BCUT2D eigenvalue weighted by Crippen LogP contribution is 2.42. The van der Waals surface area contributed by atoms with Crippen LogP contribution >= 0.6 is 23.2 Å². The molecule has 9 rings (SSSR count). The number of nitrogens with one attached hydrogen (secondary N) is 4. The third kappa shape index (κ3) is 7.51. The molecular weight excluding hydrogens is 834 g/mol. The van der Waals surface area contributed by atoms with Gasteiger partial charge in [0, 0.05) is 84.7 Å². The molecule has 0 radical (unpaired) electrons. The lowest BCUT2D eigenvalue weighted by Crippen LogP contribution is -2.26. The highest BCUT2D eigenvalue weighted by molar-refractivity contribution is 7.89. The van der Waals surface area contributed by atoms with E-state index >= 15 is 0 Å². The van der Waals surface area contributed by atoms with Gasteiger partial charge >= 0.3 is 0 Å². The van der Waals surface area contributed by atoms with Crippen molar-refractivity contribution < 1.29 is 16.8 Å². The van der Waals surface area contributed by atoms with Gasteiger partial charge in [-0.2, -0.15) is 0 Å². The summed E-state index contributed by atoms with van der Waals surface area (Å²) in [6.45, 7) is 3.20. The van der Waals surface area contributed by atoms with Crippen LogP contribution in [0.2, 0.25) is 10.0 Å². The first kappa shape index (κ1) is 40.0. The Bertz CT molecular complexity index is 3110. The van der Waals surface area contributed by atoms with E-state index in [2.05, 4.69) is 85.5 Å². The highest BCUT2D eigenvalue weighted by atomic mass is 35.5. The van der Waals surface area contributed by atoms with E-state index in [1.165, 1.54) is 29.7 Å². The second-order valence-electron chi connectivity index (χ2n) is 14.8. The Morgan fingerprint density at radius 3 is 1.50 bits per heavy atom. The predicted molar refractivity (Wildman–Crippen MR) is 243 cm³/mol. The van der Waals surface area contributed by atoms with Crippen LogP contribution in [0.15, 0.2) is 149 Å². The van der Waals surface area contributed by atoms with E-state index < -0.39 is 26.0 Å². The number of fused-ring (bicyclic) bond motifs is 5. The monoisotopic (exact) mass is 873 g/mol. The number of H-pyrrole nitrogens is 2. The second-order valence-corrected chi connectivity index (χ2v) is 19.2. The van der Waals surface area contributed by atoms with E-state index in [9.17, 15) is 16.8 Å². The second kappa shape index (κ2) is 16.2. The van der Waals surface area contributed by atoms with Crippen LogP contribution in [0.4, 0.5) is 0 Å². The maximum Gasteiger partial charge on any atom is 0.240 e. The number of hydrogen-bond acceptors (Lipinski definition) is 4. The van der Waals surface area contributed by atoms with Gasteiger partial charge < -0.3 is 14.5 Å². The molecule has 3 heterocycles. The molecule has 0 aliphatic heterocycles. The number of halogens is 2. The van der Waals surface area contributed by atoms with Crippen LogP contribution in [-0.4, -0.2) is 44.5 Å². The molecule has 0 aliphatic rings. The number of nitrogens with zero attached hydrogens (tertiary/aromatic N) is 1. The van der Waals surface area contributed by atoms with E-state index in [0.29, 0.717) is 22.9 Å². The summed E-state index contributed by atoms with van der Waals surface area (Å²) in [6, 6.07) is 43.4. The van der Waals surface area contributed by atoms with Crippen molar-refractivity contribution in [1.82, 2.24) is 24.0 Å².